The van der Waals surface area contributed by atoms with E-state index in [-0.39, 0.29) is 0 Å². The summed E-state index contributed by atoms with van der Waals surface area (Å²) in [5.41, 5.74) is 2.07. The number of rotatable bonds is 2. The molecule has 0 atom stereocenters. The number of benzene rings is 1. The average Bonchev–Trinajstić information content (AvgIpc) is 2.90. The summed E-state index contributed by atoms with van der Waals surface area (Å²) >= 11 is 0. The quantitative estimate of drug-likeness (QED) is 0.859. The van der Waals surface area contributed by atoms with Gasteiger partial charge in [-0.3, -0.25) is 0 Å². The van der Waals surface area contributed by atoms with Crippen LogP contribution in [0.3, 0.4) is 0 Å². The molecule has 0 unspecified atom stereocenters. The lowest BCUT2D eigenvalue weighted by Gasteiger charge is -2.19. The maximum atomic E-state index is 5.62. The van der Waals surface area contributed by atoms with E-state index in [1.54, 1.807) is 6.26 Å². The molecule has 3 heteroatoms. The SMILES string of the molecule is c1ccc(-c2coc(C3CCNCC3)n2)cc1. The van der Waals surface area contributed by atoms with Crippen molar-refractivity contribution in [2.75, 3.05) is 13.1 Å². The summed E-state index contributed by atoms with van der Waals surface area (Å²) in [4.78, 5) is 4.61. The van der Waals surface area contributed by atoms with Gasteiger partial charge in [0.15, 0.2) is 5.89 Å². The fourth-order valence-electron chi connectivity index (χ4n) is 2.29. The molecule has 1 fully saturated rings. The van der Waals surface area contributed by atoms with Gasteiger partial charge in [0, 0.05) is 11.5 Å². The van der Waals surface area contributed by atoms with Crippen molar-refractivity contribution in [1.82, 2.24) is 10.3 Å². The van der Waals surface area contributed by atoms with Gasteiger partial charge in [0.2, 0.25) is 0 Å². The van der Waals surface area contributed by atoms with Crippen molar-refractivity contribution in [2.45, 2.75) is 18.8 Å². The van der Waals surface area contributed by atoms with E-state index in [1.165, 1.54) is 0 Å². The van der Waals surface area contributed by atoms with E-state index < -0.39 is 0 Å². The van der Waals surface area contributed by atoms with Gasteiger partial charge in [-0.2, -0.15) is 0 Å². The molecule has 1 aliphatic heterocycles. The molecule has 17 heavy (non-hydrogen) atoms. The number of hydrogen-bond acceptors (Lipinski definition) is 3. The van der Waals surface area contributed by atoms with Gasteiger partial charge in [-0.25, -0.2) is 4.98 Å². The predicted octanol–water partition coefficient (Wildman–Crippen LogP) is 2.81. The van der Waals surface area contributed by atoms with Crippen LogP contribution in [0.25, 0.3) is 11.3 Å². The standard InChI is InChI=1S/C14H16N2O/c1-2-4-11(5-3-1)13-10-17-14(16-13)12-6-8-15-9-7-12/h1-5,10,12,15H,6-9H2. The monoisotopic (exact) mass is 228 g/mol. The Hall–Kier alpha value is -1.61. The molecule has 1 aliphatic rings. The predicted molar refractivity (Wildman–Crippen MR) is 66.8 cm³/mol. The van der Waals surface area contributed by atoms with E-state index in [1.807, 2.05) is 18.2 Å². The maximum Gasteiger partial charge on any atom is 0.197 e. The highest BCUT2D eigenvalue weighted by atomic mass is 16.3. The first-order valence-electron chi connectivity index (χ1n) is 6.15. The number of piperidine rings is 1. The van der Waals surface area contributed by atoms with Crippen LogP contribution in [-0.4, -0.2) is 18.1 Å². The van der Waals surface area contributed by atoms with Gasteiger partial charge in [0.25, 0.3) is 0 Å². The molecule has 2 aromatic rings. The van der Waals surface area contributed by atoms with Crippen LogP contribution < -0.4 is 5.32 Å². The Morgan fingerprint density at radius 3 is 2.65 bits per heavy atom. The van der Waals surface area contributed by atoms with Crippen molar-refractivity contribution in [3.8, 4) is 11.3 Å². The molecule has 88 valence electrons. The third-order valence-corrected chi connectivity index (χ3v) is 3.28. The lowest BCUT2D eigenvalue weighted by atomic mass is 9.98. The Morgan fingerprint density at radius 2 is 1.88 bits per heavy atom. The molecule has 0 spiro atoms. The van der Waals surface area contributed by atoms with E-state index in [0.717, 1.165) is 43.1 Å². The fraction of sp³-hybridized carbons (Fsp3) is 0.357. The highest BCUT2D eigenvalue weighted by molar-refractivity contribution is 5.57. The first-order valence-corrected chi connectivity index (χ1v) is 6.15. The second-order valence-corrected chi connectivity index (χ2v) is 4.46. The van der Waals surface area contributed by atoms with Crippen LogP contribution in [0.2, 0.25) is 0 Å². The first-order chi connectivity index (χ1) is 8.43. The summed E-state index contributed by atoms with van der Waals surface area (Å²) < 4.78 is 5.62. The Balaban J connectivity index is 1.83. The Labute approximate surface area is 101 Å². The van der Waals surface area contributed by atoms with Crippen molar-refractivity contribution in [3.63, 3.8) is 0 Å². The zero-order valence-corrected chi connectivity index (χ0v) is 9.73. The van der Waals surface area contributed by atoms with E-state index in [0.29, 0.717) is 5.92 Å². The largest absolute Gasteiger partial charge is 0.448 e. The van der Waals surface area contributed by atoms with E-state index >= 15 is 0 Å². The molecule has 0 amide bonds. The molecule has 1 aromatic carbocycles. The van der Waals surface area contributed by atoms with Gasteiger partial charge in [0.05, 0.1) is 0 Å². The van der Waals surface area contributed by atoms with E-state index in [2.05, 4.69) is 22.4 Å². The zero-order valence-electron chi connectivity index (χ0n) is 9.73. The molecule has 0 radical (unpaired) electrons. The highest BCUT2D eigenvalue weighted by Crippen LogP contribution is 2.27. The molecule has 3 nitrogen and oxygen atoms in total. The summed E-state index contributed by atoms with van der Waals surface area (Å²) in [6, 6.07) is 10.2. The molecule has 2 heterocycles. The minimum Gasteiger partial charge on any atom is -0.448 e. The van der Waals surface area contributed by atoms with Crippen LogP contribution in [0, 0.1) is 0 Å². The number of oxazole rings is 1. The molecule has 1 N–H and O–H groups in total. The minimum atomic E-state index is 0.480. The smallest absolute Gasteiger partial charge is 0.197 e. The summed E-state index contributed by atoms with van der Waals surface area (Å²) in [5.74, 6) is 1.37. The molecule has 0 bridgehead atoms. The molecular weight excluding hydrogens is 212 g/mol. The summed E-state index contributed by atoms with van der Waals surface area (Å²) in [5, 5.41) is 3.35. The average molecular weight is 228 g/mol. The third kappa shape index (κ3) is 2.24. The van der Waals surface area contributed by atoms with Crippen molar-refractivity contribution in [2.24, 2.45) is 0 Å². The van der Waals surface area contributed by atoms with Gasteiger partial charge in [0.1, 0.15) is 12.0 Å². The summed E-state index contributed by atoms with van der Waals surface area (Å²) in [7, 11) is 0. The Bertz CT molecular complexity index is 472. The van der Waals surface area contributed by atoms with Crippen LogP contribution in [0.5, 0.6) is 0 Å². The van der Waals surface area contributed by atoms with Gasteiger partial charge >= 0.3 is 0 Å². The topological polar surface area (TPSA) is 38.1 Å². The zero-order chi connectivity index (χ0) is 11.5. The Morgan fingerprint density at radius 1 is 1.12 bits per heavy atom. The third-order valence-electron chi connectivity index (χ3n) is 3.28. The molecule has 0 saturated carbocycles. The summed E-state index contributed by atoms with van der Waals surface area (Å²) in [6.07, 6.45) is 4.01. The molecule has 3 rings (SSSR count). The number of hydrogen-bond donors (Lipinski definition) is 1. The second-order valence-electron chi connectivity index (χ2n) is 4.46. The van der Waals surface area contributed by atoms with Gasteiger partial charge in [-0.15, -0.1) is 0 Å². The lowest BCUT2D eigenvalue weighted by Crippen LogP contribution is -2.26. The van der Waals surface area contributed by atoms with Crippen molar-refractivity contribution < 1.29 is 4.42 Å². The van der Waals surface area contributed by atoms with Crippen LogP contribution in [-0.2, 0) is 0 Å². The van der Waals surface area contributed by atoms with Crippen LogP contribution in [0.1, 0.15) is 24.7 Å². The van der Waals surface area contributed by atoms with Crippen molar-refractivity contribution in [3.05, 3.63) is 42.5 Å². The van der Waals surface area contributed by atoms with Crippen LogP contribution >= 0.6 is 0 Å². The lowest BCUT2D eigenvalue weighted by molar-refractivity contribution is 0.374. The second kappa shape index (κ2) is 4.72. The molecule has 0 aliphatic carbocycles. The van der Waals surface area contributed by atoms with E-state index in [4.69, 9.17) is 4.42 Å². The van der Waals surface area contributed by atoms with Gasteiger partial charge < -0.3 is 9.73 Å². The molecule has 1 aromatic heterocycles. The normalized spacial score (nSPS) is 17.2. The van der Waals surface area contributed by atoms with Crippen molar-refractivity contribution in [1.29, 1.82) is 0 Å². The van der Waals surface area contributed by atoms with Crippen LogP contribution in [0.4, 0.5) is 0 Å². The molecular formula is C14H16N2O. The number of nitrogens with zero attached hydrogens (tertiary/aromatic N) is 1. The summed E-state index contributed by atoms with van der Waals surface area (Å²) in [6.45, 7) is 2.13. The fourth-order valence-corrected chi connectivity index (χ4v) is 2.29. The first kappa shape index (κ1) is 10.5. The van der Waals surface area contributed by atoms with Gasteiger partial charge in [-0.05, 0) is 25.9 Å². The highest BCUT2D eigenvalue weighted by Gasteiger charge is 2.20. The number of aromatic nitrogens is 1. The van der Waals surface area contributed by atoms with Crippen LogP contribution in [0.15, 0.2) is 41.0 Å². The molecule has 1 saturated heterocycles. The Kier molecular flexibility index (Phi) is 2.92. The van der Waals surface area contributed by atoms with Gasteiger partial charge in [-0.1, -0.05) is 30.3 Å². The van der Waals surface area contributed by atoms with E-state index in [9.17, 15) is 0 Å². The minimum absolute atomic E-state index is 0.480. The van der Waals surface area contributed by atoms with Crippen molar-refractivity contribution >= 4 is 0 Å². The number of nitrogens with one attached hydrogen (secondary N) is 1. The maximum absolute atomic E-state index is 5.62.